The van der Waals surface area contributed by atoms with Crippen molar-refractivity contribution in [2.45, 2.75) is 19.5 Å². The molecule has 0 fully saturated rings. The fourth-order valence-corrected chi connectivity index (χ4v) is 3.00. The molecule has 0 unspecified atom stereocenters. The first kappa shape index (κ1) is 21.3. The van der Waals surface area contributed by atoms with Gasteiger partial charge in [-0.2, -0.15) is 8.42 Å². The Morgan fingerprint density at radius 3 is 2.59 bits per heavy atom. The summed E-state index contributed by atoms with van der Waals surface area (Å²) in [5.74, 6) is 0. The summed E-state index contributed by atoms with van der Waals surface area (Å²) in [7, 11) is -3.67. The van der Waals surface area contributed by atoms with Crippen molar-refractivity contribution in [3.05, 3.63) is 61.7 Å². The number of aromatic amines is 2. The van der Waals surface area contributed by atoms with Crippen LogP contribution >= 0.6 is 23.8 Å². The predicted molar refractivity (Wildman–Crippen MR) is 108 cm³/mol. The number of nitrogens with zero attached hydrogens (tertiary/aromatic N) is 1. The molecule has 2 heterocycles. The maximum atomic E-state index is 11.9. The second-order valence-electron chi connectivity index (χ2n) is 5.95. The Labute approximate surface area is 165 Å². The van der Waals surface area contributed by atoms with Gasteiger partial charge in [0.05, 0.1) is 18.3 Å². The van der Waals surface area contributed by atoms with E-state index in [2.05, 4.69) is 9.97 Å². The fourth-order valence-electron chi connectivity index (χ4n) is 2.57. The number of H-pyrrole nitrogens is 2. The molecule has 0 saturated carbocycles. The molecule has 0 bridgehead atoms. The highest BCUT2D eigenvalue weighted by atomic mass is 35.5. The number of benzene rings is 1. The summed E-state index contributed by atoms with van der Waals surface area (Å²) in [6, 6.07) is 7.32. The van der Waals surface area contributed by atoms with E-state index in [9.17, 15) is 13.2 Å². The molecule has 0 amide bonds. The minimum absolute atomic E-state index is 0.146. The minimum atomic E-state index is -3.67. The van der Waals surface area contributed by atoms with Gasteiger partial charge in [-0.1, -0.05) is 17.7 Å². The van der Waals surface area contributed by atoms with Crippen LogP contribution in [0.15, 0.2) is 35.3 Å². The van der Waals surface area contributed by atoms with Crippen LogP contribution < -0.4 is 11.3 Å². The van der Waals surface area contributed by atoms with Crippen LogP contribution in [-0.4, -0.2) is 33.8 Å². The van der Waals surface area contributed by atoms with Gasteiger partial charge in [0.15, 0.2) is 4.77 Å². The maximum Gasteiger partial charge on any atom is 0.276 e. The third kappa shape index (κ3) is 5.75. The Bertz CT molecular complexity index is 1170. The summed E-state index contributed by atoms with van der Waals surface area (Å²) in [4.78, 5) is 17.5. The second kappa shape index (κ2) is 8.36. The van der Waals surface area contributed by atoms with Gasteiger partial charge in [-0.15, -0.1) is 0 Å². The molecule has 1 aromatic carbocycles. The SMILES string of the molecule is CS(=O)(=O)O.C[C@@H](N)c1cc(Cl)ccc1Cn1c(=S)[nH]c(=O)c2[nH]ccc21. The van der Waals surface area contributed by atoms with Gasteiger partial charge in [-0.05, 0) is 48.5 Å². The van der Waals surface area contributed by atoms with Crippen molar-refractivity contribution in [1.29, 1.82) is 0 Å². The quantitative estimate of drug-likeness (QED) is 0.372. The van der Waals surface area contributed by atoms with Crippen molar-refractivity contribution in [2.24, 2.45) is 5.73 Å². The van der Waals surface area contributed by atoms with Gasteiger partial charge in [0.25, 0.3) is 15.7 Å². The van der Waals surface area contributed by atoms with Gasteiger partial charge in [0.2, 0.25) is 0 Å². The largest absolute Gasteiger partial charge is 0.355 e. The number of fused-ring (bicyclic) bond motifs is 1. The van der Waals surface area contributed by atoms with E-state index in [-0.39, 0.29) is 11.6 Å². The topological polar surface area (TPSA) is 134 Å². The van der Waals surface area contributed by atoms with Crippen molar-refractivity contribution in [3.63, 3.8) is 0 Å². The maximum absolute atomic E-state index is 11.9. The molecule has 0 saturated heterocycles. The molecule has 3 rings (SSSR count). The molecule has 146 valence electrons. The molecule has 2 aromatic heterocycles. The summed E-state index contributed by atoms with van der Waals surface area (Å²) in [5.41, 5.74) is 9.06. The molecule has 11 heteroatoms. The third-order valence-electron chi connectivity index (χ3n) is 3.64. The number of nitrogens with one attached hydrogen (secondary N) is 2. The molecule has 0 aliphatic carbocycles. The lowest BCUT2D eigenvalue weighted by Crippen LogP contribution is -2.16. The zero-order valence-corrected chi connectivity index (χ0v) is 17.0. The Hall–Kier alpha value is -1.98. The summed E-state index contributed by atoms with van der Waals surface area (Å²) < 4.78 is 28.1. The van der Waals surface area contributed by atoms with Crippen LogP contribution in [0.5, 0.6) is 0 Å². The molecule has 3 aromatic rings. The van der Waals surface area contributed by atoms with E-state index in [1.54, 1.807) is 6.20 Å². The highest BCUT2D eigenvalue weighted by Crippen LogP contribution is 2.23. The van der Waals surface area contributed by atoms with Gasteiger partial charge >= 0.3 is 0 Å². The van der Waals surface area contributed by atoms with E-state index in [1.807, 2.05) is 35.8 Å². The molecule has 0 aliphatic rings. The van der Waals surface area contributed by atoms with Crippen molar-refractivity contribution < 1.29 is 13.0 Å². The molecule has 5 N–H and O–H groups in total. The fraction of sp³-hybridized carbons (Fsp3) is 0.250. The second-order valence-corrected chi connectivity index (χ2v) is 8.24. The van der Waals surface area contributed by atoms with Crippen LogP contribution in [0.3, 0.4) is 0 Å². The molecule has 1 atom stereocenters. The van der Waals surface area contributed by atoms with Crippen molar-refractivity contribution in [2.75, 3.05) is 6.26 Å². The first-order valence-corrected chi connectivity index (χ1v) is 10.4. The van der Waals surface area contributed by atoms with Crippen LogP contribution in [0.2, 0.25) is 5.02 Å². The normalized spacial score (nSPS) is 12.5. The monoisotopic (exact) mass is 430 g/mol. The van der Waals surface area contributed by atoms with E-state index in [4.69, 9.17) is 34.1 Å². The van der Waals surface area contributed by atoms with E-state index in [0.717, 1.165) is 16.6 Å². The smallest absolute Gasteiger partial charge is 0.276 e. The number of hydrogen-bond acceptors (Lipinski definition) is 5. The number of aromatic nitrogens is 3. The number of hydrogen-bond donors (Lipinski definition) is 4. The Balaban J connectivity index is 0.000000465. The highest BCUT2D eigenvalue weighted by Gasteiger charge is 2.12. The van der Waals surface area contributed by atoms with Crippen LogP contribution in [0.4, 0.5) is 0 Å². The standard InChI is InChI=1S/C15H15ClN4OS.CH4O3S/c1-8(17)11-6-10(16)3-2-9(11)7-20-12-4-5-18-13(12)14(21)19-15(20)22;1-5(2,3)4/h2-6,8,18H,7,17H2,1H3,(H,19,21,22);1H3,(H,2,3,4)/t8-;/m1./s1. The van der Waals surface area contributed by atoms with E-state index in [0.29, 0.717) is 28.1 Å². The lowest BCUT2D eigenvalue weighted by atomic mass is 10.0. The van der Waals surface area contributed by atoms with Crippen molar-refractivity contribution in [3.8, 4) is 0 Å². The average Bonchev–Trinajstić information content (AvgIpc) is 3.00. The lowest BCUT2D eigenvalue weighted by Gasteiger charge is -2.15. The van der Waals surface area contributed by atoms with E-state index >= 15 is 0 Å². The zero-order chi connectivity index (χ0) is 20.4. The molecule has 8 nitrogen and oxygen atoms in total. The van der Waals surface area contributed by atoms with Crippen LogP contribution in [0.1, 0.15) is 24.1 Å². The lowest BCUT2D eigenvalue weighted by molar-refractivity contribution is 0.490. The summed E-state index contributed by atoms with van der Waals surface area (Å²) in [6.07, 6.45) is 2.44. The predicted octanol–water partition coefficient (Wildman–Crippen LogP) is 2.61. The van der Waals surface area contributed by atoms with Gasteiger partial charge < -0.3 is 15.3 Å². The van der Waals surface area contributed by atoms with E-state index in [1.165, 1.54) is 0 Å². The van der Waals surface area contributed by atoms with E-state index < -0.39 is 10.1 Å². The van der Waals surface area contributed by atoms with Gasteiger partial charge in [0, 0.05) is 17.3 Å². The summed E-state index contributed by atoms with van der Waals surface area (Å²) in [5, 5.41) is 0.646. The molecule has 0 spiro atoms. The Kier molecular flexibility index (Phi) is 6.60. The zero-order valence-electron chi connectivity index (χ0n) is 14.6. The molecular formula is C16H19ClN4O4S2. The summed E-state index contributed by atoms with van der Waals surface area (Å²) >= 11 is 11.4. The number of halogens is 1. The molecule has 0 radical (unpaired) electrons. The minimum Gasteiger partial charge on any atom is -0.355 e. The van der Waals surface area contributed by atoms with Crippen LogP contribution in [-0.2, 0) is 16.7 Å². The third-order valence-corrected chi connectivity index (χ3v) is 4.19. The molecule has 27 heavy (non-hydrogen) atoms. The average molecular weight is 431 g/mol. The summed E-state index contributed by atoms with van der Waals surface area (Å²) in [6.45, 7) is 2.42. The molecule has 0 aliphatic heterocycles. The Morgan fingerprint density at radius 1 is 1.37 bits per heavy atom. The molecular weight excluding hydrogens is 412 g/mol. The van der Waals surface area contributed by atoms with Gasteiger partial charge in [-0.25, -0.2) is 0 Å². The highest BCUT2D eigenvalue weighted by molar-refractivity contribution is 7.85. The number of nitrogens with two attached hydrogens (primary N) is 1. The van der Waals surface area contributed by atoms with Crippen molar-refractivity contribution in [1.82, 2.24) is 14.5 Å². The number of rotatable bonds is 3. The first-order valence-electron chi connectivity index (χ1n) is 7.74. The van der Waals surface area contributed by atoms with Gasteiger partial charge in [0.1, 0.15) is 5.52 Å². The Morgan fingerprint density at radius 2 is 2.00 bits per heavy atom. The van der Waals surface area contributed by atoms with Crippen LogP contribution in [0.25, 0.3) is 11.0 Å². The van der Waals surface area contributed by atoms with Gasteiger partial charge in [-0.3, -0.25) is 14.3 Å². The first-order chi connectivity index (χ1) is 12.5. The van der Waals surface area contributed by atoms with Crippen LogP contribution in [0, 0.1) is 4.77 Å². The van der Waals surface area contributed by atoms with Crippen molar-refractivity contribution >= 4 is 45.0 Å².